The molecule has 0 saturated carbocycles. The van der Waals surface area contributed by atoms with Gasteiger partial charge in [0.15, 0.2) is 0 Å². The van der Waals surface area contributed by atoms with E-state index >= 15 is 0 Å². The number of benzene rings is 1. The highest BCUT2D eigenvalue weighted by molar-refractivity contribution is 7.13. The maximum Gasteiger partial charge on any atom is 0.495 e. The lowest BCUT2D eigenvalue weighted by atomic mass is 9.76. The molecule has 1 aromatic heterocycles. The van der Waals surface area contributed by atoms with Gasteiger partial charge in [-0.05, 0) is 52.6 Å². The molecule has 2 heterocycles. The molecule has 0 atom stereocenters. The number of carbonyl (C=O) groups is 1. The van der Waals surface area contributed by atoms with Crippen LogP contribution >= 0.6 is 11.3 Å². The molecule has 160 valence electrons. The molecule has 0 spiro atoms. The Balaban J connectivity index is 1.61. The normalized spacial score (nSPS) is 17.5. The number of hydrogen-bond donors (Lipinski definition) is 1. The van der Waals surface area contributed by atoms with Crippen molar-refractivity contribution in [2.75, 3.05) is 12.0 Å². The third-order valence-corrected chi connectivity index (χ3v) is 6.15. The van der Waals surface area contributed by atoms with E-state index < -0.39 is 0 Å². The molecular weight excluding hydrogens is 401 g/mol. The van der Waals surface area contributed by atoms with Gasteiger partial charge in [-0.2, -0.15) is 5.10 Å². The molecule has 0 bridgehead atoms. The van der Waals surface area contributed by atoms with Crippen LogP contribution in [0.25, 0.3) is 0 Å². The predicted molar refractivity (Wildman–Crippen MR) is 121 cm³/mol. The van der Waals surface area contributed by atoms with Gasteiger partial charge in [0.1, 0.15) is 0 Å². The second-order valence-corrected chi connectivity index (χ2v) is 9.06. The van der Waals surface area contributed by atoms with Gasteiger partial charge in [0.2, 0.25) is 5.13 Å². The summed E-state index contributed by atoms with van der Waals surface area (Å²) in [6.45, 7) is 12.4. The second-order valence-electron chi connectivity index (χ2n) is 8.20. The minimum absolute atomic E-state index is 0.162. The number of rotatable bonds is 7. The molecule has 1 aliphatic heterocycles. The van der Waals surface area contributed by atoms with Crippen molar-refractivity contribution in [3.63, 3.8) is 0 Å². The molecule has 9 heteroatoms. The number of nitrogens with one attached hydrogen (secondary N) is 1. The van der Waals surface area contributed by atoms with Crippen LogP contribution in [0.1, 0.15) is 51.4 Å². The zero-order valence-corrected chi connectivity index (χ0v) is 19.1. The summed E-state index contributed by atoms with van der Waals surface area (Å²) in [6.07, 6.45) is 1.89. The van der Waals surface area contributed by atoms with Crippen molar-refractivity contribution in [3.05, 3.63) is 40.4 Å². The van der Waals surface area contributed by atoms with Gasteiger partial charge in [0, 0.05) is 5.38 Å². The summed E-state index contributed by atoms with van der Waals surface area (Å²) in [6, 6.07) is 6.03. The molecule has 1 N–H and O–H groups in total. The molecule has 1 fully saturated rings. The van der Waals surface area contributed by atoms with Crippen LogP contribution in [0, 0.1) is 6.92 Å². The summed E-state index contributed by atoms with van der Waals surface area (Å²) in [5, 5.41) is 6.69. The Morgan fingerprint density at radius 2 is 2.00 bits per heavy atom. The summed E-state index contributed by atoms with van der Waals surface area (Å²) >= 11 is 1.39. The Morgan fingerprint density at radius 1 is 1.30 bits per heavy atom. The Morgan fingerprint density at radius 3 is 2.63 bits per heavy atom. The minimum Gasteiger partial charge on any atom is -0.466 e. The number of aromatic nitrogens is 1. The quantitative estimate of drug-likeness (QED) is 0.315. The van der Waals surface area contributed by atoms with Crippen LogP contribution in [0.15, 0.2) is 28.7 Å². The van der Waals surface area contributed by atoms with Gasteiger partial charge in [-0.15, -0.1) is 11.3 Å². The van der Waals surface area contributed by atoms with E-state index in [0.717, 1.165) is 16.6 Å². The number of ether oxygens (including phenoxy) is 1. The maximum atomic E-state index is 11.5. The predicted octanol–water partition coefficient (Wildman–Crippen LogP) is 3.30. The first-order valence-corrected chi connectivity index (χ1v) is 10.8. The number of carbonyl (C=O) groups excluding carboxylic acids is 1. The highest BCUT2D eigenvalue weighted by Crippen LogP contribution is 2.36. The number of anilines is 1. The molecule has 1 saturated heterocycles. The Hall–Kier alpha value is -2.23. The number of hydrogen-bond acceptors (Lipinski definition) is 8. The summed E-state index contributed by atoms with van der Waals surface area (Å²) in [5.41, 5.74) is 5.87. The fraction of sp³-hybridized carbons (Fsp3) is 0.476. The lowest BCUT2D eigenvalue weighted by molar-refractivity contribution is -0.142. The summed E-state index contributed by atoms with van der Waals surface area (Å²) in [4.78, 5) is 15.9. The zero-order chi connectivity index (χ0) is 21.9. The van der Waals surface area contributed by atoms with Gasteiger partial charge in [0.05, 0.1) is 36.1 Å². The molecule has 7 nitrogen and oxygen atoms in total. The highest BCUT2D eigenvalue weighted by atomic mass is 32.1. The van der Waals surface area contributed by atoms with Crippen LogP contribution in [0.3, 0.4) is 0 Å². The first-order chi connectivity index (χ1) is 14.1. The van der Waals surface area contributed by atoms with Gasteiger partial charge in [-0.3, -0.25) is 10.2 Å². The molecule has 0 unspecified atom stereocenters. The van der Waals surface area contributed by atoms with Crippen molar-refractivity contribution in [2.45, 2.75) is 59.2 Å². The van der Waals surface area contributed by atoms with Crippen LogP contribution in [0.2, 0.25) is 0 Å². The lowest BCUT2D eigenvalue weighted by Gasteiger charge is -2.32. The zero-order valence-electron chi connectivity index (χ0n) is 18.3. The average Bonchev–Trinajstić information content (AvgIpc) is 3.16. The third kappa shape index (κ3) is 5.09. The first kappa shape index (κ1) is 22.5. The van der Waals surface area contributed by atoms with Gasteiger partial charge in [-0.1, -0.05) is 23.8 Å². The fourth-order valence-electron chi connectivity index (χ4n) is 2.98. The van der Waals surface area contributed by atoms with E-state index in [2.05, 4.69) is 15.5 Å². The van der Waals surface area contributed by atoms with Crippen molar-refractivity contribution in [1.82, 2.24) is 4.98 Å². The van der Waals surface area contributed by atoms with Gasteiger partial charge in [-0.25, -0.2) is 4.98 Å². The largest absolute Gasteiger partial charge is 0.495 e. The Kier molecular flexibility index (Phi) is 6.64. The Labute approximate surface area is 182 Å². The molecule has 3 rings (SSSR count). The van der Waals surface area contributed by atoms with E-state index in [-0.39, 0.29) is 30.7 Å². The van der Waals surface area contributed by atoms with Crippen molar-refractivity contribution in [1.29, 1.82) is 0 Å². The highest BCUT2D eigenvalue weighted by Gasteiger charge is 2.51. The number of thiazole rings is 1. The maximum absolute atomic E-state index is 11.5. The molecular formula is C21H28BN3O4S. The van der Waals surface area contributed by atoms with Crippen LogP contribution < -0.4 is 10.9 Å². The third-order valence-electron chi connectivity index (χ3n) is 5.36. The fourth-order valence-corrected chi connectivity index (χ4v) is 3.63. The van der Waals surface area contributed by atoms with E-state index in [4.69, 9.17) is 14.0 Å². The number of hydrazone groups is 1. The van der Waals surface area contributed by atoms with E-state index in [1.54, 1.807) is 13.1 Å². The number of esters is 1. The van der Waals surface area contributed by atoms with Crippen LogP contribution in [0.5, 0.6) is 0 Å². The summed E-state index contributed by atoms with van der Waals surface area (Å²) in [7, 11) is -0.382. The molecule has 0 aliphatic carbocycles. The monoisotopic (exact) mass is 429 g/mol. The average molecular weight is 429 g/mol. The number of nitrogens with zero attached hydrogens (tertiary/aromatic N) is 2. The molecule has 1 aromatic carbocycles. The molecule has 2 aromatic rings. The molecule has 1 aliphatic rings. The van der Waals surface area contributed by atoms with Gasteiger partial charge in [0.25, 0.3) is 0 Å². The van der Waals surface area contributed by atoms with E-state index in [0.29, 0.717) is 17.4 Å². The molecule has 0 radical (unpaired) electrons. The molecule has 0 amide bonds. The number of aryl methyl sites for hydroxylation is 1. The smallest absolute Gasteiger partial charge is 0.466 e. The summed E-state index contributed by atoms with van der Waals surface area (Å²) < 4.78 is 17.2. The first-order valence-electron chi connectivity index (χ1n) is 9.96. The van der Waals surface area contributed by atoms with E-state index in [1.165, 1.54) is 11.3 Å². The van der Waals surface area contributed by atoms with Gasteiger partial charge < -0.3 is 14.0 Å². The second kappa shape index (κ2) is 8.87. The topological polar surface area (TPSA) is 82.0 Å². The van der Waals surface area contributed by atoms with Crippen LogP contribution in [0.4, 0.5) is 5.13 Å². The standard InChI is InChI=1S/C21H28BN3O4S/c1-7-27-18(26)11-16-13-30-19(24-16)25-23-12-15-8-9-17(14(2)10-15)22-28-20(3,4)21(5,6)29-22/h8-10,12-13H,7,11H2,1-6H3,(H,24,25). The van der Waals surface area contributed by atoms with E-state index in [1.807, 2.05) is 58.2 Å². The van der Waals surface area contributed by atoms with Crippen molar-refractivity contribution in [2.24, 2.45) is 5.10 Å². The Bertz CT molecular complexity index is 926. The molecule has 30 heavy (non-hydrogen) atoms. The van der Waals surface area contributed by atoms with Crippen molar-refractivity contribution in [3.8, 4) is 0 Å². The SMILES string of the molecule is CCOC(=O)Cc1csc(NN=Cc2ccc(B3OC(C)(C)C(C)(C)O3)c(C)c2)n1. The van der Waals surface area contributed by atoms with Crippen LogP contribution in [-0.2, 0) is 25.3 Å². The minimum atomic E-state index is -0.382. The summed E-state index contributed by atoms with van der Waals surface area (Å²) in [5.74, 6) is -0.282. The van der Waals surface area contributed by atoms with Crippen LogP contribution in [-0.4, -0.2) is 42.1 Å². The van der Waals surface area contributed by atoms with Gasteiger partial charge >= 0.3 is 13.1 Å². The van der Waals surface area contributed by atoms with E-state index in [9.17, 15) is 4.79 Å². The van der Waals surface area contributed by atoms with Crippen molar-refractivity contribution >= 4 is 41.2 Å². The lowest BCUT2D eigenvalue weighted by Crippen LogP contribution is -2.41. The van der Waals surface area contributed by atoms with Crippen molar-refractivity contribution < 1.29 is 18.8 Å².